The Bertz CT molecular complexity index is 1050. The van der Waals surface area contributed by atoms with E-state index in [1.54, 1.807) is 12.1 Å². The first-order chi connectivity index (χ1) is 15.1. The zero-order valence-electron chi connectivity index (χ0n) is 16.7. The molecule has 0 unspecified atom stereocenters. The SMILES string of the molecule is CCCN(Cc1ccc(F)cc1)Cc1sc(Nc2c(Cl)cc(Cl)cc2Cl)nc1C(F)(F)F. The number of halogens is 7. The molecule has 1 N–H and O–H groups in total. The molecule has 0 aliphatic rings. The highest BCUT2D eigenvalue weighted by atomic mass is 35.5. The van der Waals surface area contributed by atoms with Gasteiger partial charge in [-0.05, 0) is 42.8 Å². The van der Waals surface area contributed by atoms with Crippen LogP contribution in [0.2, 0.25) is 15.1 Å². The van der Waals surface area contributed by atoms with Crippen molar-refractivity contribution in [2.75, 3.05) is 11.9 Å². The lowest BCUT2D eigenvalue weighted by Gasteiger charge is -2.21. The van der Waals surface area contributed by atoms with Crippen molar-refractivity contribution in [2.45, 2.75) is 32.6 Å². The lowest BCUT2D eigenvalue weighted by atomic mass is 10.2. The highest BCUT2D eigenvalue weighted by Gasteiger charge is 2.38. The van der Waals surface area contributed by atoms with Crippen molar-refractivity contribution in [2.24, 2.45) is 0 Å². The standard InChI is InChI=1S/C21H18Cl3F4N3S/c1-2-7-31(10-12-3-5-14(25)6-4-12)11-17-19(21(26,27)28)30-20(32-17)29-18-15(23)8-13(22)9-16(18)24/h3-6,8-9H,2,7,10-11H2,1H3,(H,29,30). The van der Waals surface area contributed by atoms with Gasteiger partial charge < -0.3 is 5.32 Å². The molecule has 2 aromatic carbocycles. The highest BCUT2D eigenvalue weighted by Crippen LogP contribution is 2.41. The van der Waals surface area contributed by atoms with Crippen LogP contribution < -0.4 is 5.32 Å². The van der Waals surface area contributed by atoms with Gasteiger partial charge in [0.15, 0.2) is 10.8 Å². The van der Waals surface area contributed by atoms with E-state index in [1.165, 1.54) is 24.3 Å². The molecule has 172 valence electrons. The van der Waals surface area contributed by atoms with Gasteiger partial charge in [0.25, 0.3) is 0 Å². The summed E-state index contributed by atoms with van der Waals surface area (Å²) in [5, 5.41) is 3.43. The van der Waals surface area contributed by atoms with Crippen molar-refractivity contribution in [3.8, 4) is 0 Å². The second kappa shape index (κ2) is 10.6. The molecule has 11 heteroatoms. The summed E-state index contributed by atoms with van der Waals surface area (Å²) in [4.78, 5) is 5.68. The van der Waals surface area contributed by atoms with Crippen LogP contribution in [0.25, 0.3) is 0 Å². The number of thiazole rings is 1. The van der Waals surface area contributed by atoms with Crippen LogP contribution in [-0.2, 0) is 19.3 Å². The van der Waals surface area contributed by atoms with Gasteiger partial charge in [-0.25, -0.2) is 9.37 Å². The molecule has 0 aliphatic carbocycles. The van der Waals surface area contributed by atoms with Gasteiger partial charge in [0.1, 0.15) is 5.82 Å². The molecule has 3 rings (SSSR count). The number of anilines is 2. The van der Waals surface area contributed by atoms with Gasteiger partial charge in [-0.3, -0.25) is 4.90 Å². The summed E-state index contributed by atoms with van der Waals surface area (Å²) in [5.74, 6) is -0.368. The van der Waals surface area contributed by atoms with E-state index in [1.807, 2.05) is 11.8 Å². The van der Waals surface area contributed by atoms with Gasteiger partial charge in [0.05, 0.1) is 20.6 Å². The molecule has 3 nitrogen and oxygen atoms in total. The van der Waals surface area contributed by atoms with Crippen LogP contribution in [0.15, 0.2) is 36.4 Å². The third kappa shape index (κ3) is 6.48. The second-order valence-corrected chi connectivity index (χ2v) is 9.33. The summed E-state index contributed by atoms with van der Waals surface area (Å²) in [5.41, 5.74) is 0.0610. The van der Waals surface area contributed by atoms with E-state index in [2.05, 4.69) is 10.3 Å². The van der Waals surface area contributed by atoms with Gasteiger partial charge >= 0.3 is 6.18 Å². The maximum atomic E-state index is 13.7. The lowest BCUT2D eigenvalue weighted by Crippen LogP contribution is -2.24. The van der Waals surface area contributed by atoms with Crippen LogP contribution in [0.1, 0.15) is 29.5 Å². The fourth-order valence-electron chi connectivity index (χ4n) is 3.08. The second-order valence-electron chi connectivity index (χ2n) is 7.00. The summed E-state index contributed by atoms with van der Waals surface area (Å²) in [7, 11) is 0. The molecule has 3 aromatic rings. The van der Waals surface area contributed by atoms with Crippen LogP contribution in [0.3, 0.4) is 0 Å². The zero-order chi connectivity index (χ0) is 23.5. The van der Waals surface area contributed by atoms with Crippen molar-refractivity contribution in [1.29, 1.82) is 0 Å². The van der Waals surface area contributed by atoms with Gasteiger partial charge in [-0.2, -0.15) is 13.2 Å². The Labute approximate surface area is 201 Å². The van der Waals surface area contributed by atoms with Crippen molar-refractivity contribution < 1.29 is 17.6 Å². The molecule has 0 radical (unpaired) electrons. The van der Waals surface area contributed by atoms with Crippen LogP contribution >= 0.6 is 46.1 Å². The molecule has 0 amide bonds. The minimum Gasteiger partial charge on any atom is -0.329 e. The Morgan fingerprint density at radius 2 is 1.66 bits per heavy atom. The molecule has 0 aliphatic heterocycles. The van der Waals surface area contributed by atoms with Gasteiger partial charge in [0, 0.05) is 18.1 Å². The van der Waals surface area contributed by atoms with Crippen molar-refractivity contribution in [3.63, 3.8) is 0 Å². The summed E-state index contributed by atoms with van der Waals surface area (Å²) in [6.07, 6.45) is -3.89. The fourth-order valence-corrected chi connectivity index (χ4v) is 5.02. The summed E-state index contributed by atoms with van der Waals surface area (Å²) >= 11 is 19.0. The average molecular weight is 527 g/mol. The molecule has 0 bridgehead atoms. The first-order valence-electron chi connectivity index (χ1n) is 9.52. The number of aromatic nitrogens is 1. The molecule has 0 saturated heterocycles. The largest absolute Gasteiger partial charge is 0.434 e. The Morgan fingerprint density at radius 1 is 1.03 bits per heavy atom. The first-order valence-corrected chi connectivity index (χ1v) is 11.5. The highest BCUT2D eigenvalue weighted by molar-refractivity contribution is 7.15. The third-order valence-electron chi connectivity index (χ3n) is 4.43. The summed E-state index contributed by atoms with van der Waals surface area (Å²) < 4.78 is 54.3. The monoisotopic (exact) mass is 525 g/mol. The molecule has 1 aromatic heterocycles. The van der Waals surface area contributed by atoms with Crippen molar-refractivity contribution >= 4 is 57.0 Å². The molecular formula is C21H18Cl3F4N3S. The van der Waals surface area contributed by atoms with Crippen LogP contribution in [0.5, 0.6) is 0 Å². The minimum atomic E-state index is -4.63. The molecule has 0 atom stereocenters. The van der Waals surface area contributed by atoms with E-state index in [9.17, 15) is 17.6 Å². The Morgan fingerprint density at radius 3 is 2.22 bits per heavy atom. The lowest BCUT2D eigenvalue weighted by molar-refractivity contribution is -0.141. The number of nitrogens with one attached hydrogen (secondary N) is 1. The maximum Gasteiger partial charge on any atom is 0.434 e. The summed E-state index contributed by atoms with van der Waals surface area (Å²) in [6, 6.07) is 8.76. The van der Waals surface area contributed by atoms with E-state index in [0.717, 1.165) is 23.3 Å². The Kier molecular flexibility index (Phi) is 8.27. The van der Waals surface area contributed by atoms with Crippen LogP contribution in [0.4, 0.5) is 28.4 Å². The number of nitrogens with zero attached hydrogens (tertiary/aromatic N) is 2. The van der Waals surface area contributed by atoms with Gasteiger partial charge in [0.2, 0.25) is 0 Å². The fraction of sp³-hybridized carbons (Fsp3) is 0.286. The predicted octanol–water partition coefficient (Wildman–Crippen LogP) is 8.42. The number of hydrogen-bond donors (Lipinski definition) is 1. The first kappa shape index (κ1) is 25.1. The topological polar surface area (TPSA) is 28.2 Å². The van der Waals surface area contributed by atoms with E-state index < -0.39 is 11.9 Å². The molecule has 32 heavy (non-hydrogen) atoms. The molecule has 0 fully saturated rings. The van der Waals surface area contributed by atoms with Crippen LogP contribution in [-0.4, -0.2) is 16.4 Å². The quantitative estimate of drug-likeness (QED) is 0.299. The Hall–Kier alpha value is -1.58. The normalized spacial score (nSPS) is 11.9. The average Bonchev–Trinajstić information content (AvgIpc) is 3.09. The Balaban J connectivity index is 1.89. The minimum absolute atomic E-state index is 0.0108. The predicted molar refractivity (Wildman–Crippen MR) is 123 cm³/mol. The number of alkyl halides is 3. The third-order valence-corrected chi connectivity index (χ3v) is 6.20. The van der Waals surface area contributed by atoms with Gasteiger partial charge in [-0.1, -0.05) is 65.2 Å². The van der Waals surface area contributed by atoms with E-state index >= 15 is 0 Å². The molecular weight excluding hydrogens is 509 g/mol. The van der Waals surface area contributed by atoms with Crippen molar-refractivity contribution in [3.05, 3.63) is 73.4 Å². The van der Waals surface area contributed by atoms with Gasteiger partial charge in [-0.15, -0.1) is 0 Å². The number of rotatable bonds is 8. The maximum absolute atomic E-state index is 13.7. The van der Waals surface area contributed by atoms with Crippen molar-refractivity contribution in [1.82, 2.24) is 9.88 Å². The number of benzene rings is 2. The van der Waals surface area contributed by atoms with E-state index in [-0.39, 0.29) is 38.1 Å². The van der Waals surface area contributed by atoms with E-state index in [4.69, 9.17) is 34.8 Å². The summed E-state index contributed by atoms with van der Waals surface area (Å²) in [6.45, 7) is 2.90. The molecule has 1 heterocycles. The van der Waals surface area contributed by atoms with Crippen LogP contribution in [0, 0.1) is 5.82 Å². The molecule has 0 spiro atoms. The van der Waals surface area contributed by atoms with E-state index in [0.29, 0.717) is 18.1 Å². The zero-order valence-corrected chi connectivity index (χ0v) is 19.8. The number of hydrogen-bond acceptors (Lipinski definition) is 4. The molecule has 0 saturated carbocycles. The smallest absolute Gasteiger partial charge is 0.329 e.